The summed E-state index contributed by atoms with van der Waals surface area (Å²) in [5.74, 6) is -1.84. The molecular formula is C25H36O13. The van der Waals surface area contributed by atoms with Gasteiger partial charge in [0.15, 0.2) is 12.4 Å². The van der Waals surface area contributed by atoms with Gasteiger partial charge in [0.25, 0.3) is 0 Å². The lowest BCUT2D eigenvalue weighted by Gasteiger charge is -2.45. The smallest absolute Gasteiger partial charge is 0.333 e. The van der Waals surface area contributed by atoms with Crippen molar-refractivity contribution in [2.24, 2.45) is 5.92 Å². The summed E-state index contributed by atoms with van der Waals surface area (Å²) in [6.45, 7) is 2.13. The first kappa shape index (κ1) is 29.1. The highest BCUT2D eigenvalue weighted by molar-refractivity contribution is 5.88. The van der Waals surface area contributed by atoms with Crippen LogP contribution in [0.4, 0.5) is 0 Å². The minimum atomic E-state index is -1.89. The molecular weight excluding hydrogens is 508 g/mol. The summed E-state index contributed by atoms with van der Waals surface area (Å²) < 4.78 is 28.0. The lowest BCUT2D eigenvalue weighted by atomic mass is 9.81. The second kappa shape index (κ2) is 11.3. The Hall–Kier alpha value is -1.91. The second-order valence-electron chi connectivity index (χ2n) is 10.1. The average Bonchev–Trinajstić information content (AvgIpc) is 3.57. The molecule has 0 radical (unpaired) electrons. The molecule has 38 heavy (non-hydrogen) atoms. The summed E-state index contributed by atoms with van der Waals surface area (Å²) in [6, 6.07) is 0. The van der Waals surface area contributed by atoms with Gasteiger partial charge in [0.05, 0.1) is 32.0 Å². The van der Waals surface area contributed by atoms with Gasteiger partial charge in [-0.2, -0.15) is 0 Å². The number of aliphatic hydroxyl groups excluding tert-OH is 6. The molecule has 2 saturated heterocycles. The van der Waals surface area contributed by atoms with Crippen LogP contribution in [0.1, 0.15) is 26.7 Å². The first-order valence-electron chi connectivity index (χ1n) is 12.5. The van der Waals surface area contributed by atoms with Crippen LogP contribution in [0, 0.1) is 5.92 Å². The van der Waals surface area contributed by atoms with Crippen molar-refractivity contribution >= 4 is 5.97 Å². The highest BCUT2D eigenvalue weighted by atomic mass is 16.8. The predicted molar refractivity (Wildman–Crippen MR) is 126 cm³/mol. The molecule has 4 aliphatic rings. The third-order valence-electron chi connectivity index (χ3n) is 7.69. The Morgan fingerprint density at radius 3 is 2.45 bits per heavy atom. The van der Waals surface area contributed by atoms with Gasteiger partial charge in [-0.05, 0) is 32.8 Å². The van der Waals surface area contributed by atoms with Crippen molar-refractivity contribution in [3.63, 3.8) is 0 Å². The number of carbonyl (C=O) groups excluding carboxylic acids is 1. The van der Waals surface area contributed by atoms with Crippen LogP contribution in [0.5, 0.6) is 0 Å². The standard InChI is InChI=1S/C25H36O13/c1-12(6-8-26)4-3-5-13(2)21(32)36-19-20-25(11-28,38-20)18-23(34-9-7-24(18,19)33)37-22-17(31)16(30)15(29)14(10-27)35-22/h5-7,9,14-20,22-23,26-31,33H,3-4,8,10-11H2,1-2H3/b12-6+,13-5+/t14-,15-,16+,17-,18+,19-,20+,22+,23+,24+,25-/m1/s1. The maximum Gasteiger partial charge on any atom is 0.333 e. The Morgan fingerprint density at radius 1 is 1.05 bits per heavy atom. The van der Waals surface area contributed by atoms with Crippen molar-refractivity contribution in [2.45, 2.75) is 87.1 Å². The van der Waals surface area contributed by atoms with E-state index < -0.39 is 85.5 Å². The summed E-state index contributed by atoms with van der Waals surface area (Å²) in [4.78, 5) is 12.9. The number of hydrogen-bond acceptors (Lipinski definition) is 13. The van der Waals surface area contributed by atoms with Crippen LogP contribution < -0.4 is 0 Å². The van der Waals surface area contributed by atoms with E-state index >= 15 is 0 Å². The van der Waals surface area contributed by atoms with Crippen molar-refractivity contribution in [1.29, 1.82) is 0 Å². The van der Waals surface area contributed by atoms with Gasteiger partial charge in [0.1, 0.15) is 41.7 Å². The highest BCUT2D eigenvalue weighted by Crippen LogP contribution is 2.62. The van der Waals surface area contributed by atoms with Crippen LogP contribution >= 0.6 is 0 Å². The van der Waals surface area contributed by atoms with Gasteiger partial charge in [0, 0.05) is 5.57 Å². The van der Waals surface area contributed by atoms with Crippen molar-refractivity contribution < 1.29 is 64.2 Å². The highest BCUT2D eigenvalue weighted by Gasteiger charge is 2.82. The van der Waals surface area contributed by atoms with Gasteiger partial charge in [-0.25, -0.2) is 4.79 Å². The number of fused-ring (bicyclic) bond motifs is 3. The predicted octanol–water partition coefficient (Wildman–Crippen LogP) is -2.26. The minimum Gasteiger partial charge on any atom is -0.472 e. The maximum atomic E-state index is 12.9. The largest absolute Gasteiger partial charge is 0.472 e. The first-order chi connectivity index (χ1) is 18.0. The molecule has 11 atom stereocenters. The SMILES string of the molecule is C/C(=C\CO)CC/C=C(\C)C(=O)O[C@@H]1[C@@H]2O[C@]2(CO)[C@H]2[C@H](O[C@@H]3O[C@H](CO)[C@@H](O)[C@H](O)[C@H]3O)OC=C[C@@]12O. The number of carbonyl (C=O) groups is 1. The van der Waals surface area contributed by atoms with Gasteiger partial charge in [-0.15, -0.1) is 0 Å². The Morgan fingerprint density at radius 2 is 1.79 bits per heavy atom. The third kappa shape index (κ3) is 5.04. The lowest BCUT2D eigenvalue weighted by Crippen LogP contribution is -2.62. The molecule has 214 valence electrons. The average molecular weight is 545 g/mol. The zero-order valence-corrected chi connectivity index (χ0v) is 21.1. The van der Waals surface area contributed by atoms with Crippen LogP contribution in [0.3, 0.4) is 0 Å². The maximum absolute atomic E-state index is 12.9. The summed E-state index contributed by atoms with van der Waals surface area (Å²) in [7, 11) is 0. The van der Waals surface area contributed by atoms with Crippen LogP contribution in [-0.2, 0) is 28.5 Å². The molecule has 0 aromatic carbocycles. The quantitative estimate of drug-likeness (QED) is 0.0671. The number of rotatable bonds is 10. The molecule has 1 saturated carbocycles. The number of allylic oxidation sites excluding steroid dienone is 2. The molecule has 0 spiro atoms. The van der Waals surface area contributed by atoms with E-state index in [1.165, 1.54) is 6.08 Å². The monoisotopic (exact) mass is 544 g/mol. The van der Waals surface area contributed by atoms with E-state index in [1.807, 2.05) is 6.92 Å². The molecule has 0 bridgehead atoms. The number of epoxide rings is 1. The van der Waals surface area contributed by atoms with Crippen LogP contribution in [0.25, 0.3) is 0 Å². The van der Waals surface area contributed by atoms with E-state index in [-0.39, 0.29) is 6.61 Å². The van der Waals surface area contributed by atoms with E-state index in [4.69, 9.17) is 28.8 Å². The Kier molecular flexibility index (Phi) is 8.64. The summed E-state index contributed by atoms with van der Waals surface area (Å²) in [5, 5.41) is 70.7. The Labute approximate surface area is 219 Å². The van der Waals surface area contributed by atoms with Gasteiger partial charge in [-0.1, -0.05) is 17.7 Å². The minimum absolute atomic E-state index is 0.0652. The normalized spacial score (nSPS) is 44.3. The molecule has 0 aromatic heterocycles. The van der Waals surface area contributed by atoms with E-state index in [2.05, 4.69) is 0 Å². The molecule has 1 aliphatic carbocycles. The second-order valence-corrected chi connectivity index (χ2v) is 10.1. The van der Waals surface area contributed by atoms with Gasteiger partial charge >= 0.3 is 5.97 Å². The summed E-state index contributed by atoms with van der Waals surface area (Å²) in [6.07, 6.45) is -4.41. The number of aliphatic hydroxyl groups is 7. The van der Waals surface area contributed by atoms with Crippen molar-refractivity contribution in [3.8, 4) is 0 Å². The molecule has 13 nitrogen and oxygen atoms in total. The Balaban J connectivity index is 1.50. The van der Waals surface area contributed by atoms with E-state index in [9.17, 15) is 35.4 Å². The number of ether oxygens (including phenoxy) is 5. The van der Waals surface area contributed by atoms with E-state index in [1.54, 1.807) is 19.1 Å². The molecule has 7 N–H and O–H groups in total. The van der Waals surface area contributed by atoms with E-state index in [0.29, 0.717) is 18.4 Å². The van der Waals surface area contributed by atoms with Gasteiger partial charge < -0.3 is 59.4 Å². The molecule has 3 aliphatic heterocycles. The molecule has 4 rings (SSSR count). The number of hydrogen-bond donors (Lipinski definition) is 7. The third-order valence-corrected chi connectivity index (χ3v) is 7.69. The molecule has 0 unspecified atom stereocenters. The lowest BCUT2D eigenvalue weighted by molar-refractivity contribution is -0.350. The van der Waals surface area contributed by atoms with Crippen LogP contribution in [0.15, 0.2) is 35.6 Å². The summed E-state index contributed by atoms with van der Waals surface area (Å²) >= 11 is 0. The molecule has 3 heterocycles. The fourth-order valence-corrected chi connectivity index (χ4v) is 5.40. The van der Waals surface area contributed by atoms with E-state index in [0.717, 1.165) is 11.8 Å². The van der Waals surface area contributed by atoms with Crippen LogP contribution in [0.2, 0.25) is 0 Å². The molecule has 0 amide bonds. The summed E-state index contributed by atoms with van der Waals surface area (Å²) in [5.41, 5.74) is -2.02. The molecule has 0 aromatic rings. The number of esters is 1. The topological polar surface area (TPSA) is 208 Å². The zero-order valence-electron chi connectivity index (χ0n) is 21.1. The first-order valence-corrected chi connectivity index (χ1v) is 12.5. The Bertz CT molecular complexity index is 963. The van der Waals surface area contributed by atoms with Crippen LogP contribution in [-0.4, -0.2) is 122 Å². The van der Waals surface area contributed by atoms with Crippen molar-refractivity contribution in [1.82, 2.24) is 0 Å². The van der Waals surface area contributed by atoms with Gasteiger partial charge in [0.2, 0.25) is 6.29 Å². The zero-order chi connectivity index (χ0) is 27.8. The fraction of sp³-hybridized carbons (Fsp3) is 0.720. The molecule has 3 fully saturated rings. The van der Waals surface area contributed by atoms with Crippen molar-refractivity contribution in [2.75, 3.05) is 19.8 Å². The fourth-order valence-electron chi connectivity index (χ4n) is 5.40. The van der Waals surface area contributed by atoms with Gasteiger partial charge in [-0.3, -0.25) is 0 Å². The molecule has 13 heteroatoms. The van der Waals surface area contributed by atoms with Crippen molar-refractivity contribution in [3.05, 3.63) is 35.6 Å².